The standard InChI is InChI=1S/C11H20N2O4S/c1-7-8(2)18-6-5-13(7)11(17)12-4-3-9(14)10(15)16/h7-9,14H,3-6H2,1-2H3,(H,12,17)(H,15,16). The molecule has 3 atom stereocenters. The van der Waals surface area contributed by atoms with Gasteiger partial charge < -0.3 is 20.4 Å². The molecular weight excluding hydrogens is 256 g/mol. The predicted octanol–water partition coefficient (Wildman–Crippen LogP) is 0.357. The summed E-state index contributed by atoms with van der Waals surface area (Å²) in [6.45, 7) is 4.95. The topological polar surface area (TPSA) is 89.9 Å². The van der Waals surface area contributed by atoms with Gasteiger partial charge in [-0.3, -0.25) is 0 Å². The zero-order valence-electron chi connectivity index (χ0n) is 10.6. The lowest BCUT2D eigenvalue weighted by atomic mass is 10.2. The average Bonchev–Trinajstić information content (AvgIpc) is 2.32. The summed E-state index contributed by atoms with van der Waals surface area (Å²) in [5.74, 6) is -0.350. The van der Waals surface area contributed by atoms with E-state index in [-0.39, 0.29) is 25.0 Å². The van der Waals surface area contributed by atoms with Crippen LogP contribution in [0.1, 0.15) is 20.3 Å². The predicted molar refractivity (Wildman–Crippen MR) is 69.7 cm³/mol. The number of carboxylic acids is 1. The van der Waals surface area contributed by atoms with Gasteiger partial charge in [-0.05, 0) is 6.92 Å². The number of urea groups is 1. The van der Waals surface area contributed by atoms with Gasteiger partial charge in [0.25, 0.3) is 0 Å². The van der Waals surface area contributed by atoms with Gasteiger partial charge >= 0.3 is 12.0 Å². The number of nitrogens with zero attached hydrogens (tertiary/aromatic N) is 1. The zero-order chi connectivity index (χ0) is 13.7. The van der Waals surface area contributed by atoms with Crippen molar-refractivity contribution in [1.82, 2.24) is 10.2 Å². The van der Waals surface area contributed by atoms with Crippen LogP contribution in [-0.2, 0) is 4.79 Å². The van der Waals surface area contributed by atoms with Crippen molar-refractivity contribution in [2.75, 3.05) is 18.8 Å². The Labute approximate surface area is 111 Å². The zero-order valence-corrected chi connectivity index (χ0v) is 11.4. The second-order valence-corrected chi connectivity index (χ2v) is 5.87. The highest BCUT2D eigenvalue weighted by atomic mass is 32.2. The average molecular weight is 276 g/mol. The number of carboxylic acid groups (broad SMARTS) is 1. The first-order chi connectivity index (χ1) is 8.43. The number of hydrogen-bond donors (Lipinski definition) is 3. The van der Waals surface area contributed by atoms with Crippen LogP contribution in [0.15, 0.2) is 0 Å². The van der Waals surface area contributed by atoms with E-state index in [9.17, 15) is 9.59 Å². The molecule has 1 saturated heterocycles. The number of aliphatic hydroxyl groups excluding tert-OH is 1. The molecule has 104 valence electrons. The van der Waals surface area contributed by atoms with Crippen LogP contribution in [0, 0.1) is 0 Å². The van der Waals surface area contributed by atoms with E-state index in [1.54, 1.807) is 4.90 Å². The fourth-order valence-electron chi connectivity index (χ4n) is 1.76. The molecule has 0 aromatic heterocycles. The van der Waals surface area contributed by atoms with Crippen molar-refractivity contribution in [3.8, 4) is 0 Å². The molecule has 0 aromatic rings. The molecule has 1 aliphatic rings. The molecule has 1 heterocycles. The minimum Gasteiger partial charge on any atom is -0.479 e. The third kappa shape index (κ3) is 4.06. The molecule has 0 bridgehead atoms. The van der Waals surface area contributed by atoms with Crippen LogP contribution in [0.5, 0.6) is 0 Å². The first-order valence-corrected chi connectivity index (χ1v) is 7.05. The van der Waals surface area contributed by atoms with Gasteiger partial charge in [-0.15, -0.1) is 0 Å². The molecule has 0 spiro atoms. The highest BCUT2D eigenvalue weighted by Gasteiger charge is 2.28. The van der Waals surface area contributed by atoms with E-state index < -0.39 is 12.1 Å². The number of carbonyl (C=O) groups excluding carboxylic acids is 1. The number of aliphatic hydroxyl groups is 1. The Morgan fingerprint density at radius 3 is 2.78 bits per heavy atom. The molecular formula is C11H20N2O4S. The maximum absolute atomic E-state index is 11.9. The van der Waals surface area contributed by atoms with Crippen molar-refractivity contribution in [2.24, 2.45) is 0 Å². The Morgan fingerprint density at radius 2 is 2.17 bits per heavy atom. The molecule has 0 aromatic carbocycles. The quantitative estimate of drug-likeness (QED) is 0.689. The van der Waals surface area contributed by atoms with E-state index in [0.29, 0.717) is 11.8 Å². The van der Waals surface area contributed by atoms with Crippen molar-refractivity contribution in [1.29, 1.82) is 0 Å². The van der Waals surface area contributed by atoms with E-state index in [1.807, 2.05) is 18.7 Å². The van der Waals surface area contributed by atoms with Gasteiger partial charge in [0.05, 0.1) is 0 Å². The molecule has 6 nitrogen and oxygen atoms in total. The molecule has 1 aliphatic heterocycles. The molecule has 7 heteroatoms. The smallest absolute Gasteiger partial charge is 0.332 e. The van der Waals surface area contributed by atoms with Crippen LogP contribution >= 0.6 is 11.8 Å². The Balaban J connectivity index is 2.34. The maximum atomic E-state index is 11.9. The number of thioether (sulfide) groups is 1. The molecule has 0 radical (unpaired) electrons. The monoisotopic (exact) mass is 276 g/mol. The van der Waals surface area contributed by atoms with Crippen molar-refractivity contribution >= 4 is 23.8 Å². The molecule has 1 fully saturated rings. The summed E-state index contributed by atoms with van der Waals surface area (Å²) >= 11 is 1.84. The van der Waals surface area contributed by atoms with Crippen molar-refractivity contribution in [2.45, 2.75) is 37.7 Å². The summed E-state index contributed by atoms with van der Waals surface area (Å²) in [4.78, 5) is 24.0. The molecule has 0 aliphatic carbocycles. The molecule has 3 N–H and O–H groups in total. The van der Waals surface area contributed by atoms with Crippen LogP contribution in [0.2, 0.25) is 0 Å². The van der Waals surface area contributed by atoms with Crippen LogP contribution in [-0.4, -0.2) is 63.4 Å². The first kappa shape index (κ1) is 15.1. The number of rotatable bonds is 4. The van der Waals surface area contributed by atoms with E-state index in [2.05, 4.69) is 12.2 Å². The fourth-order valence-corrected chi connectivity index (χ4v) is 2.86. The number of aliphatic carboxylic acids is 1. The van der Waals surface area contributed by atoms with Gasteiger partial charge in [0.2, 0.25) is 0 Å². The Morgan fingerprint density at radius 1 is 1.50 bits per heavy atom. The molecule has 3 unspecified atom stereocenters. The molecule has 2 amide bonds. The van der Waals surface area contributed by atoms with Gasteiger partial charge in [-0.25, -0.2) is 9.59 Å². The lowest BCUT2D eigenvalue weighted by molar-refractivity contribution is -0.146. The second-order valence-electron chi connectivity index (χ2n) is 4.38. The largest absolute Gasteiger partial charge is 0.479 e. The summed E-state index contributed by atoms with van der Waals surface area (Å²) in [5.41, 5.74) is 0. The maximum Gasteiger partial charge on any atom is 0.332 e. The van der Waals surface area contributed by atoms with E-state index >= 15 is 0 Å². The molecule has 18 heavy (non-hydrogen) atoms. The highest BCUT2D eigenvalue weighted by Crippen LogP contribution is 2.23. The normalized spacial score (nSPS) is 25.6. The van der Waals surface area contributed by atoms with Gasteiger partial charge in [0, 0.05) is 36.6 Å². The first-order valence-electron chi connectivity index (χ1n) is 6.00. The van der Waals surface area contributed by atoms with E-state index in [0.717, 1.165) is 5.75 Å². The van der Waals surface area contributed by atoms with Crippen molar-refractivity contribution in [3.05, 3.63) is 0 Å². The summed E-state index contributed by atoms with van der Waals surface area (Å²) in [6, 6.07) is -0.0274. The van der Waals surface area contributed by atoms with Gasteiger partial charge in [0.15, 0.2) is 6.10 Å². The van der Waals surface area contributed by atoms with Gasteiger partial charge in [0.1, 0.15) is 0 Å². The lowest BCUT2D eigenvalue weighted by Gasteiger charge is -2.37. The third-order valence-corrected chi connectivity index (χ3v) is 4.46. The van der Waals surface area contributed by atoms with Crippen LogP contribution in [0.25, 0.3) is 0 Å². The number of carbonyl (C=O) groups is 2. The summed E-state index contributed by atoms with van der Waals surface area (Å²) in [6.07, 6.45) is -1.40. The summed E-state index contributed by atoms with van der Waals surface area (Å²) < 4.78 is 0. The Hall–Kier alpha value is -0.950. The molecule has 0 saturated carbocycles. The van der Waals surface area contributed by atoms with Crippen LogP contribution in [0.3, 0.4) is 0 Å². The van der Waals surface area contributed by atoms with Crippen LogP contribution in [0.4, 0.5) is 4.79 Å². The van der Waals surface area contributed by atoms with Crippen LogP contribution < -0.4 is 5.32 Å². The number of nitrogens with one attached hydrogen (secondary N) is 1. The summed E-state index contributed by atoms with van der Waals surface area (Å²) in [5, 5.41) is 20.6. The number of amides is 2. The minimum absolute atomic E-state index is 0.0214. The van der Waals surface area contributed by atoms with E-state index in [1.165, 1.54) is 0 Å². The fraction of sp³-hybridized carbons (Fsp3) is 0.818. The Kier molecular flexibility index (Phi) is 5.74. The number of hydrogen-bond acceptors (Lipinski definition) is 4. The SMILES string of the molecule is CC1SCCN(C(=O)NCCC(O)C(=O)O)C1C. The van der Waals surface area contributed by atoms with E-state index in [4.69, 9.17) is 10.2 Å². The van der Waals surface area contributed by atoms with Crippen molar-refractivity contribution in [3.63, 3.8) is 0 Å². The molecule has 1 rings (SSSR count). The van der Waals surface area contributed by atoms with Gasteiger partial charge in [-0.1, -0.05) is 6.92 Å². The Bertz CT molecular complexity index is 313. The third-order valence-electron chi connectivity index (χ3n) is 3.12. The van der Waals surface area contributed by atoms with Gasteiger partial charge in [-0.2, -0.15) is 11.8 Å². The van der Waals surface area contributed by atoms with Crippen molar-refractivity contribution < 1.29 is 19.8 Å². The summed E-state index contributed by atoms with van der Waals surface area (Å²) in [7, 11) is 0. The highest BCUT2D eigenvalue weighted by molar-refractivity contribution is 8.00. The second kappa shape index (κ2) is 6.84. The lowest BCUT2D eigenvalue weighted by Crippen LogP contribution is -2.52. The minimum atomic E-state index is -1.42.